The van der Waals surface area contributed by atoms with Gasteiger partial charge in [0.1, 0.15) is 5.65 Å². The molecule has 3 heterocycles. The molecule has 51 heavy (non-hydrogen) atoms. The van der Waals surface area contributed by atoms with Crippen molar-refractivity contribution in [2.24, 2.45) is 0 Å². The fourth-order valence-electron chi connectivity index (χ4n) is 8.27. The van der Waals surface area contributed by atoms with Crippen LogP contribution < -0.4 is 0 Å². The second-order valence-corrected chi connectivity index (χ2v) is 13.4. The minimum Gasteiger partial charge on any atom is -0.292 e. The smallest absolute Gasteiger partial charge is 0.146 e. The van der Waals surface area contributed by atoms with E-state index in [1.807, 2.05) is 0 Å². The van der Waals surface area contributed by atoms with Crippen molar-refractivity contribution in [1.82, 2.24) is 14.4 Å². The molecular weight excluding hydrogens is 619 g/mol. The van der Waals surface area contributed by atoms with Crippen LogP contribution in [0.25, 0.3) is 104 Å². The van der Waals surface area contributed by atoms with Gasteiger partial charge in [0, 0.05) is 21.9 Å². The molecular formula is C48H29N3. The number of nitrogens with zero attached hydrogens (tertiary/aromatic N) is 3. The van der Waals surface area contributed by atoms with Crippen LogP contribution in [0.4, 0.5) is 0 Å². The summed E-state index contributed by atoms with van der Waals surface area (Å²) in [6.07, 6.45) is 0. The molecule has 0 atom stereocenters. The zero-order valence-corrected chi connectivity index (χ0v) is 27.6. The highest BCUT2D eigenvalue weighted by molar-refractivity contribution is 6.22. The number of hydrogen-bond acceptors (Lipinski definition) is 2. The van der Waals surface area contributed by atoms with E-state index in [1.54, 1.807) is 0 Å². The second kappa shape index (κ2) is 10.8. The maximum Gasteiger partial charge on any atom is 0.146 e. The van der Waals surface area contributed by atoms with Crippen LogP contribution in [-0.4, -0.2) is 14.4 Å². The van der Waals surface area contributed by atoms with Crippen molar-refractivity contribution in [1.29, 1.82) is 0 Å². The van der Waals surface area contributed by atoms with Crippen molar-refractivity contribution >= 4 is 70.7 Å². The van der Waals surface area contributed by atoms with Crippen molar-refractivity contribution in [2.75, 3.05) is 0 Å². The van der Waals surface area contributed by atoms with Crippen molar-refractivity contribution in [3.63, 3.8) is 0 Å². The van der Waals surface area contributed by atoms with Crippen LogP contribution in [0.15, 0.2) is 176 Å². The Kier molecular flexibility index (Phi) is 5.96. The highest BCUT2D eigenvalue weighted by Crippen LogP contribution is 2.44. The lowest BCUT2D eigenvalue weighted by Gasteiger charge is -2.18. The molecule has 0 aliphatic rings. The second-order valence-electron chi connectivity index (χ2n) is 13.4. The molecule has 0 saturated carbocycles. The van der Waals surface area contributed by atoms with E-state index >= 15 is 0 Å². The summed E-state index contributed by atoms with van der Waals surface area (Å²) in [7, 11) is 0. The zero-order valence-electron chi connectivity index (χ0n) is 27.6. The van der Waals surface area contributed by atoms with Crippen LogP contribution >= 0.6 is 0 Å². The topological polar surface area (TPSA) is 30.2 Å². The summed E-state index contributed by atoms with van der Waals surface area (Å²) < 4.78 is 2.30. The van der Waals surface area contributed by atoms with Crippen LogP contribution in [0.5, 0.6) is 0 Å². The molecule has 11 aromatic rings. The first-order valence-corrected chi connectivity index (χ1v) is 17.4. The Bertz CT molecular complexity index is 3190. The van der Waals surface area contributed by atoms with Gasteiger partial charge < -0.3 is 0 Å². The number of imidazole rings is 1. The van der Waals surface area contributed by atoms with Crippen LogP contribution in [0.3, 0.4) is 0 Å². The Morgan fingerprint density at radius 2 is 0.961 bits per heavy atom. The first-order chi connectivity index (χ1) is 25.3. The summed E-state index contributed by atoms with van der Waals surface area (Å²) in [6, 6.07) is 63.2. The molecule has 0 radical (unpaired) electrons. The maximum absolute atomic E-state index is 5.46. The Balaban J connectivity index is 1.18. The van der Waals surface area contributed by atoms with Crippen LogP contribution in [-0.2, 0) is 0 Å². The SMILES string of the molecule is c1ccc(-c2c3ccccc3cc3c(-c4cccc(-c5ccc6c(c5)c5ccccc5n5c7ccccc7nc65)n4)c4ccccc4cc23)cc1. The number of rotatable bonds is 3. The maximum atomic E-state index is 5.46. The Hall–Kier alpha value is -6.84. The van der Waals surface area contributed by atoms with Crippen molar-refractivity contribution in [2.45, 2.75) is 0 Å². The van der Waals surface area contributed by atoms with E-state index in [2.05, 4.69) is 180 Å². The normalized spacial score (nSPS) is 11.9. The van der Waals surface area contributed by atoms with Gasteiger partial charge in [-0.2, -0.15) is 0 Å². The van der Waals surface area contributed by atoms with Gasteiger partial charge in [0.15, 0.2) is 0 Å². The summed E-state index contributed by atoms with van der Waals surface area (Å²) in [5.74, 6) is 0. The molecule has 3 nitrogen and oxygen atoms in total. The molecule has 236 valence electrons. The number of aromatic nitrogens is 3. The van der Waals surface area contributed by atoms with Gasteiger partial charge in [-0.3, -0.25) is 4.40 Å². The Morgan fingerprint density at radius 3 is 1.76 bits per heavy atom. The van der Waals surface area contributed by atoms with E-state index in [9.17, 15) is 0 Å². The van der Waals surface area contributed by atoms with Crippen LogP contribution in [0.2, 0.25) is 0 Å². The average Bonchev–Trinajstić information content (AvgIpc) is 3.59. The van der Waals surface area contributed by atoms with E-state index in [-0.39, 0.29) is 0 Å². The fourth-order valence-corrected chi connectivity index (χ4v) is 8.27. The molecule has 3 heteroatoms. The minimum absolute atomic E-state index is 0.942. The van der Waals surface area contributed by atoms with Gasteiger partial charge in [0.2, 0.25) is 0 Å². The zero-order chi connectivity index (χ0) is 33.5. The molecule has 0 saturated heterocycles. The highest BCUT2D eigenvalue weighted by atomic mass is 15.0. The quantitative estimate of drug-likeness (QED) is 0.141. The van der Waals surface area contributed by atoms with Gasteiger partial charge in [0.25, 0.3) is 0 Å². The van der Waals surface area contributed by atoms with E-state index < -0.39 is 0 Å². The molecule has 0 bridgehead atoms. The summed E-state index contributed by atoms with van der Waals surface area (Å²) in [5.41, 5.74) is 10.9. The number of para-hydroxylation sites is 3. The molecule has 8 aromatic carbocycles. The first kappa shape index (κ1) is 28.0. The summed E-state index contributed by atoms with van der Waals surface area (Å²) in [6.45, 7) is 0. The molecule has 0 amide bonds. The Labute approximate surface area is 293 Å². The lowest BCUT2D eigenvalue weighted by Crippen LogP contribution is -1.94. The number of benzene rings is 8. The van der Waals surface area contributed by atoms with E-state index in [4.69, 9.17) is 9.97 Å². The highest BCUT2D eigenvalue weighted by Gasteiger charge is 2.19. The molecule has 0 spiro atoms. The lowest BCUT2D eigenvalue weighted by molar-refractivity contribution is 1.31. The van der Waals surface area contributed by atoms with Gasteiger partial charge in [-0.25, -0.2) is 9.97 Å². The van der Waals surface area contributed by atoms with Gasteiger partial charge >= 0.3 is 0 Å². The van der Waals surface area contributed by atoms with Gasteiger partial charge in [0.05, 0.1) is 27.9 Å². The third-order valence-electron chi connectivity index (χ3n) is 10.5. The number of hydrogen-bond donors (Lipinski definition) is 0. The van der Waals surface area contributed by atoms with Gasteiger partial charge in [-0.1, -0.05) is 121 Å². The standard InChI is InChI=1S/C48H29N3/c1-2-13-30(14-3-1)46-34-17-6-4-15-31(34)28-40-39(46)27-32-16-5-7-18-35(32)47(40)43-22-12-21-41(49-43)33-25-26-37-38(29-33)36-19-8-10-23-44(36)51-45-24-11-9-20-42(45)50-48(37)51/h1-29H. The monoisotopic (exact) mass is 647 g/mol. The molecule has 11 rings (SSSR count). The van der Waals surface area contributed by atoms with Crippen LogP contribution in [0, 0.1) is 0 Å². The molecule has 3 aromatic heterocycles. The Morgan fingerprint density at radius 1 is 0.333 bits per heavy atom. The first-order valence-electron chi connectivity index (χ1n) is 17.4. The third kappa shape index (κ3) is 4.19. The van der Waals surface area contributed by atoms with Gasteiger partial charge in [-0.05, 0) is 103 Å². The van der Waals surface area contributed by atoms with E-state index in [0.29, 0.717) is 0 Å². The average molecular weight is 648 g/mol. The predicted molar refractivity (Wildman–Crippen MR) is 214 cm³/mol. The molecule has 0 fully saturated rings. The third-order valence-corrected chi connectivity index (χ3v) is 10.5. The summed E-state index contributed by atoms with van der Waals surface area (Å²) in [4.78, 5) is 10.6. The van der Waals surface area contributed by atoms with Crippen molar-refractivity contribution < 1.29 is 0 Å². The van der Waals surface area contributed by atoms with E-state index in [1.165, 1.54) is 54.2 Å². The summed E-state index contributed by atoms with van der Waals surface area (Å²) in [5, 5.41) is 10.8. The number of fused-ring (bicyclic) bond motifs is 11. The molecule has 0 aliphatic heterocycles. The van der Waals surface area contributed by atoms with E-state index in [0.717, 1.165) is 50.1 Å². The molecule has 0 N–H and O–H groups in total. The molecule has 0 aliphatic carbocycles. The van der Waals surface area contributed by atoms with Crippen molar-refractivity contribution in [3.05, 3.63) is 176 Å². The van der Waals surface area contributed by atoms with Crippen molar-refractivity contribution in [3.8, 4) is 33.6 Å². The molecule has 0 unspecified atom stereocenters. The van der Waals surface area contributed by atoms with Crippen LogP contribution in [0.1, 0.15) is 0 Å². The summed E-state index contributed by atoms with van der Waals surface area (Å²) >= 11 is 0. The predicted octanol–water partition coefficient (Wildman–Crippen LogP) is 12.6. The largest absolute Gasteiger partial charge is 0.292 e. The minimum atomic E-state index is 0.942. The fraction of sp³-hybridized carbons (Fsp3) is 0. The lowest BCUT2D eigenvalue weighted by atomic mass is 9.87. The van der Waals surface area contributed by atoms with Gasteiger partial charge in [-0.15, -0.1) is 0 Å². The number of pyridine rings is 2.